The molecule has 0 fully saturated rings. The van der Waals surface area contributed by atoms with Crippen LogP contribution in [0.4, 0.5) is 0 Å². The molecule has 0 saturated carbocycles. The van der Waals surface area contributed by atoms with Crippen LogP contribution >= 0.6 is 0 Å². The summed E-state index contributed by atoms with van der Waals surface area (Å²) in [5, 5.41) is 8.70. The van der Waals surface area contributed by atoms with Gasteiger partial charge in [0.25, 0.3) is 0 Å². The lowest BCUT2D eigenvalue weighted by Gasteiger charge is -2.19. The molecule has 0 aliphatic carbocycles. The van der Waals surface area contributed by atoms with E-state index in [1.807, 2.05) is 12.1 Å². The van der Waals surface area contributed by atoms with Crippen molar-refractivity contribution in [3.63, 3.8) is 0 Å². The van der Waals surface area contributed by atoms with Gasteiger partial charge in [-0.05, 0) is 18.6 Å². The Morgan fingerprint density at radius 3 is 2.73 bits per heavy atom. The van der Waals surface area contributed by atoms with Gasteiger partial charge in [0, 0.05) is 36.7 Å². The van der Waals surface area contributed by atoms with Gasteiger partial charge in [-0.15, -0.1) is 0 Å². The van der Waals surface area contributed by atoms with Crippen molar-refractivity contribution in [2.45, 2.75) is 19.4 Å². The first-order valence-electron chi connectivity index (χ1n) is 6.96. The van der Waals surface area contributed by atoms with E-state index in [1.54, 1.807) is 31.3 Å². The third kappa shape index (κ3) is 3.58. The van der Waals surface area contributed by atoms with Gasteiger partial charge in [-0.2, -0.15) is 0 Å². The molecular formula is C16H19NO5. The molecule has 0 aromatic heterocycles. The van der Waals surface area contributed by atoms with Crippen molar-refractivity contribution >= 4 is 11.9 Å². The third-order valence-corrected chi connectivity index (χ3v) is 3.58. The summed E-state index contributed by atoms with van der Waals surface area (Å²) in [6.07, 6.45) is 2.03. The smallest absolute Gasteiger partial charge is 0.303 e. The van der Waals surface area contributed by atoms with Crippen LogP contribution in [0.5, 0.6) is 11.5 Å². The van der Waals surface area contributed by atoms with Crippen molar-refractivity contribution in [2.75, 3.05) is 20.8 Å². The largest absolute Gasteiger partial charge is 0.497 e. The van der Waals surface area contributed by atoms with E-state index in [4.69, 9.17) is 14.6 Å². The van der Waals surface area contributed by atoms with E-state index in [-0.39, 0.29) is 18.7 Å². The van der Waals surface area contributed by atoms with Crippen LogP contribution in [-0.4, -0.2) is 42.6 Å². The van der Waals surface area contributed by atoms with Gasteiger partial charge in [0.15, 0.2) is 0 Å². The van der Waals surface area contributed by atoms with Crippen LogP contribution in [0.25, 0.3) is 0 Å². The quantitative estimate of drug-likeness (QED) is 0.832. The van der Waals surface area contributed by atoms with Crippen molar-refractivity contribution < 1.29 is 24.2 Å². The Balaban J connectivity index is 2.04. The van der Waals surface area contributed by atoms with Gasteiger partial charge in [-0.25, -0.2) is 0 Å². The second-order valence-corrected chi connectivity index (χ2v) is 4.99. The minimum atomic E-state index is -0.899. The molecule has 1 aromatic rings. The normalized spacial score (nSPS) is 14.0. The lowest BCUT2D eigenvalue weighted by Crippen LogP contribution is -2.26. The van der Waals surface area contributed by atoms with Gasteiger partial charge >= 0.3 is 5.97 Å². The van der Waals surface area contributed by atoms with Crippen molar-refractivity contribution in [3.05, 3.63) is 35.4 Å². The molecule has 0 atom stereocenters. The van der Waals surface area contributed by atoms with Crippen LogP contribution in [0, 0.1) is 0 Å². The van der Waals surface area contributed by atoms with Crippen molar-refractivity contribution in [1.82, 2.24) is 4.90 Å². The first-order valence-corrected chi connectivity index (χ1v) is 6.96. The fourth-order valence-electron chi connectivity index (χ4n) is 2.37. The Labute approximate surface area is 128 Å². The number of nitrogens with zero attached hydrogens (tertiary/aromatic N) is 1. The highest BCUT2D eigenvalue weighted by molar-refractivity contribution is 5.96. The Hall–Kier alpha value is -2.50. The number of hydrogen-bond acceptors (Lipinski definition) is 4. The lowest BCUT2D eigenvalue weighted by atomic mass is 10.1. The Morgan fingerprint density at radius 2 is 2.09 bits per heavy atom. The van der Waals surface area contributed by atoms with Crippen LogP contribution in [-0.2, 0) is 16.1 Å². The van der Waals surface area contributed by atoms with E-state index in [0.29, 0.717) is 30.2 Å². The molecule has 22 heavy (non-hydrogen) atoms. The van der Waals surface area contributed by atoms with Crippen LogP contribution in [0.15, 0.2) is 29.8 Å². The van der Waals surface area contributed by atoms with Crippen molar-refractivity contribution in [3.8, 4) is 11.5 Å². The summed E-state index contributed by atoms with van der Waals surface area (Å²) in [6, 6.07) is 5.45. The number of hydrogen-bond donors (Lipinski definition) is 1. The summed E-state index contributed by atoms with van der Waals surface area (Å²) >= 11 is 0. The molecule has 0 spiro atoms. The second-order valence-electron chi connectivity index (χ2n) is 4.99. The molecule has 1 amide bonds. The minimum Gasteiger partial charge on any atom is -0.497 e. The van der Waals surface area contributed by atoms with Gasteiger partial charge in [0.2, 0.25) is 5.91 Å². The summed E-state index contributed by atoms with van der Waals surface area (Å²) in [4.78, 5) is 24.5. The average Bonchev–Trinajstić information content (AvgIpc) is 2.86. The fraction of sp³-hybridized carbons (Fsp3) is 0.375. The molecular weight excluding hydrogens is 286 g/mol. The number of rotatable bonds is 7. The number of carboxylic acid groups (broad SMARTS) is 1. The number of amides is 1. The van der Waals surface area contributed by atoms with E-state index in [1.165, 1.54) is 0 Å². The number of methoxy groups -OCH3 is 2. The van der Waals surface area contributed by atoms with E-state index in [0.717, 1.165) is 5.56 Å². The third-order valence-electron chi connectivity index (χ3n) is 3.58. The van der Waals surface area contributed by atoms with E-state index >= 15 is 0 Å². The summed E-state index contributed by atoms with van der Waals surface area (Å²) < 4.78 is 10.5. The van der Waals surface area contributed by atoms with Gasteiger partial charge in [-0.1, -0.05) is 6.08 Å². The monoisotopic (exact) mass is 305 g/mol. The molecule has 1 aliphatic rings. The zero-order valence-electron chi connectivity index (χ0n) is 12.7. The summed E-state index contributed by atoms with van der Waals surface area (Å²) in [5.74, 6) is 0.336. The van der Waals surface area contributed by atoms with Crippen molar-refractivity contribution in [2.24, 2.45) is 0 Å². The molecule has 6 heteroatoms. The van der Waals surface area contributed by atoms with Gasteiger partial charge in [0.05, 0.1) is 14.2 Å². The lowest BCUT2D eigenvalue weighted by molar-refractivity contribution is -0.136. The fourth-order valence-corrected chi connectivity index (χ4v) is 2.37. The Bertz CT molecular complexity index is 609. The second kappa shape index (κ2) is 6.98. The molecule has 0 bridgehead atoms. The first kappa shape index (κ1) is 15.9. The van der Waals surface area contributed by atoms with Gasteiger partial charge in [-0.3, -0.25) is 9.59 Å². The predicted octanol–water partition coefficient (Wildman–Crippen LogP) is 1.84. The highest BCUT2D eigenvalue weighted by Gasteiger charge is 2.24. The topological polar surface area (TPSA) is 76.1 Å². The van der Waals surface area contributed by atoms with E-state index < -0.39 is 5.97 Å². The Kier molecular flexibility index (Phi) is 5.04. The number of benzene rings is 1. The molecule has 6 nitrogen and oxygen atoms in total. The Morgan fingerprint density at radius 1 is 1.32 bits per heavy atom. The molecule has 0 radical (unpaired) electrons. The zero-order chi connectivity index (χ0) is 16.1. The summed E-state index contributed by atoms with van der Waals surface area (Å²) in [6.45, 7) is 0.905. The molecule has 2 rings (SSSR count). The van der Waals surface area contributed by atoms with Gasteiger partial charge < -0.3 is 19.5 Å². The number of aliphatic carboxylic acids is 1. The number of carbonyl (C=O) groups excluding carboxylic acids is 1. The average molecular weight is 305 g/mol. The molecule has 118 valence electrons. The highest BCUT2D eigenvalue weighted by atomic mass is 16.5. The van der Waals surface area contributed by atoms with E-state index in [9.17, 15) is 9.59 Å². The van der Waals surface area contributed by atoms with Crippen LogP contribution in [0.1, 0.15) is 18.4 Å². The standard InChI is InChI=1S/C16H19NO5/c1-21-13-5-3-12(14(9-13)22-2)10-17-8-7-11(16(17)20)4-6-15(18)19/h3,5,7,9H,4,6,8,10H2,1-2H3,(H,18,19). The predicted molar refractivity (Wildman–Crippen MR) is 79.9 cm³/mol. The number of carbonyl (C=O) groups is 2. The zero-order valence-corrected chi connectivity index (χ0v) is 12.7. The number of ether oxygens (including phenoxy) is 2. The maximum absolute atomic E-state index is 12.2. The molecule has 1 aromatic carbocycles. The molecule has 1 aliphatic heterocycles. The maximum Gasteiger partial charge on any atom is 0.303 e. The molecule has 1 heterocycles. The van der Waals surface area contributed by atoms with Crippen LogP contribution in [0.2, 0.25) is 0 Å². The summed E-state index contributed by atoms with van der Waals surface area (Å²) in [7, 11) is 3.15. The first-order chi connectivity index (χ1) is 10.5. The van der Waals surface area contributed by atoms with Crippen LogP contribution in [0.3, 0.4) is 0 Å². The van der Waals surface area contributed by atoms with Crippen molar-refractivity contribution in [1.29, 1.82) is 0 Å². The number of carboxylic acids is 1. The van der Waals surface area contributed by atoms with E-state index in [2.05, 4.69) is 0 Å². The summed E-state index contributed by atoms with van der Waals surface area (Å²) in [5.41, 5.74) is 1.44. The highest BCUT2D eigenvalue weighted by Crippen LogP contribution is 2.27. The maximum atomic E-state index is 12.2. The molecule has 0 unspecified atom stereocenters. The molecule has 0 saturated heterocycles. The molecule has 1 N–H and O–H groups in total. The SMILES string of the molecule is COc1ccc(CN2CC=C(CCC(=O)O)C2=O)c(OC)c1. The minimum absolute atomic E-state index is 0.0305. The van der Waals surface area contributed by atoms with Crippen LogP contribution < -0.4 is 9.47 Å². The van der Waals surface area contributed by atoms with Gasteiger partial charge in [0.1, 0.15) is 11.5 Å².